The summed E-state index contributed by atoms with van der Waals surface area (Å²) >= 11 is 0. The molecule has 0 radical (unpaired) electrons. The molecular formula is C12H18FN3O. The topological polar surface area (TPSA) is 72.3 Å². The summed E-state index contributed by atoms with van der Waals surface area (Å²) in [7, 11) is 0. The van der Waals surface area contributed by atoms with Gasteiger partial charge in [0.1, 0.15) is 5.82 Å². The zero-order valence-corrected chi connectivity index (χ0v) is 10.1. The molecule has 0 aliphatic rings. The predicted molar refractivity (Wildman–Crippen MR) is 66.0 cm³/mol. The summed E-state index contributed by atoms with van der Waals surface area (Å²) < 4.78 is 13.4. The van der Waals surface area contributed by atoms with Crippen molar-refractivity contribution in [3.05, 3.63) is 29.6 Å². The highest BCUT2D eigenvalue weighted by Gasteiger charge is 2.14. The second kappa shape index (κ2) is 5.63. The first-order chi connectivity index (χ1) is 7.93. The van der Waals surface area contributed by atoms with Crippen LogP contribution in [0.15, 0.2) is 18.2 Å². The zero-order valence-electron chi connectivity index (χ0n) is 10.1. The van der Waals surface area contributed by atoms with Gasteiger partial charge in [0.15, 0.2) is 0 Å². The lowest BCUT2D eigenvalue weighted by Gasteiger charge is -2.28. The van der Waals surface area contributed by atoms with Gasteiger partial charge in [-0.2, -0.15) is 0 Å². The Morgan fingerprint density at radius 1 is 1.41 bits per heavy atom. The van der Waals surface area contributed by atoms with Crippen LogP contribution in [-0.2, 0) is 11.3 Å². The first kappa shape index (κ1) is 13.4. The smallest absolute Gasteiger partial charge is 0.236 e. The van der Waals surface area contributed by atoms with Gasteiger partial charge in [0, 0.05) is 18.3 Å². The summed E-state index contributed by atoms with van der Waals surface area (Å²) in [4.78, 5) is 12.7. The number of primary amides is 1. The first-order valence-electron chi connectivity index (χ1n) is 5.48. The maximum absolute atomic E-state index is 13.4. The summed E-state index contributed by atoms with van der Waals surface area (Å²) in [5.41, 5.74) is 12.0. The van der Waals surface area contributed by atoms with Crippen LogP contribution < -0.4 is 16.4 Å². The van der Waals surface area contributed by atoms with E-state index in [0.29, 0.717) is 11.3 Å². The van der Waals surface area contributed by atoms with Crippen molar-refractivity contribution in [2.24, 2.45) is 11.5 Å². The van der Waals surface area contributed by atoms with E-state index in [9.17, 15) is 9.18 Å². The fourth-order valence-corrected chi connectivity index (χ4v) is 1.66. The molecular weight excluding hydrogens is 221 g/mol. The van der Waals surface area contributed by atoms with Gasteiger partial charge in [0.25, 0.3) is 0 Å². The Kier molecular flexibility index (Phi) is 4.45. The van der Waals surface area contributed by atoms with Crippen LogP contribution in [0.1, 0.15) is 19.4 Å². The summed E-state index contributed by atoms with van der Waals surface area (Å²) in [5.74, 6) is -0.810. The number of benzene rings is 1. The van der Waals surface area contributed by atoms with Crippen LogP contribution in [0.2, 0.25) is 0 Å². The molecule has 94 valence electrons. The van der Waals surface area contributed by atoms with Gasteiger partial charge in [0.05, 0.1) is 6.54 Å². The average Bonchev–Trinajstić information content (AvgIpc) is 2.24. The molecule has 1 aromatic rings. The second-order valence-corrected chi connectivity index (χ2v) is 4.21. The first-order valence-corrected chi connectivity index (χ1v) is 5.48. The van der Waals surface area contributed by atoms with Gasteiger partial charge >= 0.3 is 0 Å². The molecule has 0 saturated carbocycles. The van der Waals surface area contributed by atoms with E-state index in [1.54, 1.807) is 11.0 Å². The second-order valence-electron chi connectivity index (χ2n) is 4.21. The fraction of sp³-hybridized carbons (Fsp3) is 0.417. The molecule has 5 heteroatoms. The number of nitrogens with two attached hydrogens (primary N) is 2. The third-order valence-corrected chi connectivity index (χ3v) is 2.46. The van der Waals surface area contributed by atoms with Gasteiger partial charge < -0.3 is 16.4 Å². The van der Waals surface area contributed by atoms with Crippen LogP contribution in [0, 0.1) is 5.82 Å². The molecule has 0 aromatic heterocycles. The van der Waals surface area contributed by atoms with Crippen molar-refractivity contribution in [3.8, 4) is 0 Å². The lowest BCUT2D eigenvalue weighted by atomic mass is 10.1. The highest BCUT2D eigenvalue weighted by Crippen LogP contribution is 2.20. The van der Waals surface area contributed by atoms with E-state index in [1.165, 1.54) is 12.1 Å². The van der Waals surface area contributed by atoms with Gasteiger partial charge in [-0.25, -0.2) is 4.39 Å². The predicted octanol–water partition coefficient (Wildman–Crippen LogP) is 0.985. The minimum atomic E-state index is -0.447. The van der Waals surface area contributed by atoms with Gasteiger partial charge in [0.2, 0.25) is 5.91 Å². The highest BCUT2D eigenvalue weighted by molar-refractivity contribution is 5.79. The van der Waals surface area contributed by atoms with E-state index in [0.717, 1.165) is 0 Å². The molecule has 1 rings (SSSR count). The van der Waals surface area contributed by atoms with E-state index in [-0.39, 0.29) is 24.9 Å². The molecule has 0 atom stereocenters. The molecule has 0 unspecified atom stereocenters. The van der Waals surface area contributed by atoms with E-state index in [2.05, 4.69) is 0 Å². The van der Waals surface area contributed by atoms with Crippen LogP contribution in [0.25, 0.3) is 0 Å². The molecule has 0 fully saturated rings. The molecule has 17 heavy (non-hydrogen) atoms. The number of hydrogen-bond donors (Lipinski definition) is 2. The number of hydrogen-bond acceptors (Lipinski definition) is 3. The molecule has 4 nitrogen and oxygen atoms in total. The van der Waals surface area contributed by atoms with Crippen molar-refractivity contribution in [2.45, 2.75) is 26.4 Å². The van der Waals surface area contributed by atoms with Gasteiger partial charge in [-0.15, -0.1) is 0 Å². The molecule has 4 N–H and O–H groups in total. The van der Waals surface area contributed by atoms with Crippen LogP contribution in [0.5, 0.6) is 0 Å². The number of anilines is 1. The lowest BCUT2D eigenvalue weighted by Crippen LogP contribution is -2.38. The van der Waals surface area contributed by atoms with Crippen molar-refractivity contribution < 1.29 is 9.18 Å². The van der Waals surface area contributed by atoms with Gasteiger partial charge in [-0.3, -0.25) is 4.79 Å². The summed E-state index contributed by atoms with van der Waals surface area (Å²) in [6.07, 6.45) is 0. The molecule has 0 aliphatic heterocycles. The Balaban J connectivity index is 3.08. The maximum Gasteiger partial charge on any atom is 0.236 e. The van der Waals surface area contributed by atoms with Gasteiger partial charge in [-0.1, -0.05) is 0 Å². The van der Waals surface area contributed by atoms with Crippen LogP contribution in [0.3, 0.4) is 0 Å². The standard InChI is InChI=1S/C12H18FN3O/c1-8(2)16(7-12(15)17)11-4-9(6-14)3-10(13)5-11/h3-5,8H,6-7,14H2,1-2H3,(H2,15,17). The van der Waals surface area contributed by atoms with Crippen LogP contribution >= 0.6 is 0 Å². The number of carbonyl (C=O) groups is 1. The van der Waals surface area contributed by atoms with E-state index < -0.39 is 5.91 Å². The average molecular weight is 239 g/mol. The Labute approximate surface area is 100 Å². The minimum Gasteiger partial charge on any atom is -0.368 e. The summed E-state index contributed by atoms with van der Waals surface area (Å²) in [5, 5.41) is 0. The normalized spacial score (nSPS) is 10.6. The van der Waals surface area contributed by atoms with Crippen LogP contribution in [0.4, 0.5) is 10.1 Å². The van der Waals surface area contributed by atoms with E-state index in [1.807, 2.05) is 13.8 Å². The van der Waals surface area contributed by atoms with Crippen molar-refractivity contribution in [1.82, 2.24) is 0 Å². The largest absolute Gasteiger partial charge is 0.368 e. The number of rotatable bonds is 5. The van der Waals surface area contributed by atoms with E-state index in [4.69, 9.17) is 11.5 Å². The van der Waals surface area contributed by atoms with E-state index >= 15 is 0 Å². The monoisotopic (exact) mass is 239 g/mol. The van der Waals surface area contributed by atoms with Crippen LogP contribution in [-0.4, -0.2) is 18.5 Å². The lowest BCUT2D eigenvalue weighted by molar-refractivity contribution is -0.116. The molecule has 0 saturated heterocycles. The SMILES string of the molecule is CC(C)N(CC(N)=O)c1cc(F)cc(CN)c1. The van der Waals surface area contributed by atoms with Crippen molar-refractivity contribution in [1.29, 1.82) is 0 Å². The number of nitrogens with zero attached hydrogens (tertiary/aromatic N) is 1. The Morgan fingerprint density at radius 3 is 2.53 bits per heavy atom. The van der Waals surface area contributed by atoms with Crippen molar-refractivity contribution in [3.63, 3.8) is 0 Å². The molecule has 0 aliphatic carbocycles. The number of amides is 1. The zero-order chi connectivity index (χ0) is 13.0. The third kappa shape index (κ3) is 3.71. The fourth-order valence-electron chi connectivity index (χ4n) is 1.66. The highest BCUT2D eigenvalue weighted by atomic mass is 19.1. The summed E-state index contributed by atoms with van der Waals surface area (Å²) in [6, 6.07) is 4.58. The molecule has 0 bridgehead atoms. The number of halogens is 1. The molecule has 1 amide bonds. The van der Waals surface area contributed by atoms with Crippen molar-refractivity contribution in [2.75, 3.05) is 11.4 Å². The maximum atomic E-state index is 13.4. The Morgan fingerprint density at radius 2 is 2.06 bits per heavy atom. The van der Waals surface area contributed by atoms with Crippen molar-refractivity contribution >= 4 is 11.6 Å². The molecule has 1 aromatic carbocycles. The Hall–Kier alpha value is -1.62. The number of carbonyl (C=O) groups excluding carboxylic acids is 1. The van der Waals surface area contributed by atoms with Gasteiger partial charge in [-0.05, 0) is 37.6 Å². The molecule has 0 heterocycles. The Bertz CT molecular complexity index is 407. The third-order valence-electron chi connectivity index (χ3n) is 2.46. The minimum absolute atomic E-state index is 0.0509. The molecule has 0 spiro atoms. The summed E-state index contributed by atoms with van der Waals surface area (Å²) in [6.45, 7) is 4.14. The quantitative estimate of drug-likeness (QED) is 0.804.